The Morgan fingerprint density at radius 3 is 2.52 bits per heavy atom. The normalized spacial score (nSPS) is 11.5. The summed E-state index contributed by atoms with van der Waals surface area (Å²) >= 11 is 0. The predicted octanol–water partition coefficient (Wildman–Crippen LogP) is 4.79. The molecule has 0 saturated heterocycles. The molecular formula is C25H23FN2O4S. The molecule has 1 N–H and O–H groups in total. The molecule has 3 aromatic carbocycles. The highest BCUT2D eigenvalue weighted by Gasteiger charge is 2.22. The van der Waals surface area contributed by atoms with Crippen LogP contribution in [0.5, 0.6) is 5.75 Å². The van der Waals surface area contributed by atoms with E-state index in [1.807, 2.05) is 6.92 Å². The molecule has 1 amide bonds. The summed E-state index contributed by atoms with van der Waals surface area (Å²) in [6.45, 7) is 2.38. The average Bonchev–Trinajstić information content (AvgIpc) is 3.14. The van der Waals surface area contributed by atoms with Gasteiger partial charge in [-0.05, 0) is 55.0 Å². The number of carbonyl (C=O) groups is 1. The van der Waals surface area contributed by atoms with E-state index >= 15 is 0 Å². The van der Waals surface area contributed by atoms with Gasteiger partial charge >= 0.3 is 0 Å². The summed E-state index contributed by atoms with van der Waals surface area (Å²) in [6.07, 6.45) is 1.47. The standard InChI is InChI=1S/C25H23FN2O4S/c1-2-32-21-12-10-20(11-13-21)27-25(29)16-28-15-24(22-8-3-4-9-23(22)28)33(30,31)17-18-6-5-7-19(26)14-18/h3-15H,2,16-17H2,1H3,(H,27,29). The fraction of sp³-hybridized carbons (Fsp3) is 0.160. The molecule has 0 spiro atoms. The van der Waals surface area contributed by atoms with Crippen LogP contribution in [0.2, 0.25) is 0 Å². The fourth-order valence-electron chi connectivity index (χ4n) is 3.67. The van der Waals surface area contributed by atoms with E-state index < -0.39 is 15.7 Å². The Balaban J connectivity index is 1.58. The predicted molar refractivity (Wildman–Crippen MR) is 125 cm³/mol. The minimum absolute atomic E-state index is 0.0663. The lowest BCUT2D eigenvalue weighted by molar-refractivity contribution is -0.116. The van der Waals surface area contributed by atoms with Crippen molar-refractivity contribution in [2.75, 3.05) is 11.9 Å². The van der Waals surface area contributed by atoms with Crippen molar-refractivity contribution in [1.82, 2.24) is 4.57 Å². The minimum Gasteiger partial charge on any atom is -0.494 e. The second kappa shape index (κ2) is 9.46. The molecule has 0 aliphatic heterocycles. The van der Waals surface area contributed by atoms with E-state index in [2.05, 4.69) is 5.32 Å². The van der Waals surface area contributed by atoms with Gasteiger partial charge in [0, 0.05) is 22.8 Å². The highest BCUT2D eigenvalue weighted by atomic mass is 32.2. The summed E-state index contributed by atoms with van der Waals surface area (Å²) < 4.78 is 46.9. The van der Waals surface area contributed by atoms with Gasteiger partial charge < -0.3 is 14.6 Å². The number of anilines is 1. The van der Waals surface area contributed by atoms with Gasteiger partial charge in [0.2, 0.25) is 5.91 Å². The number of nitrogens with one attached hydrogen (secondary N) is 1. The van der Waals surface area contributed by atoms with Crippen LogP contribution in [-0.4, -0.2) is 25.5 Å². The van der Waals surface area contributed by atoms with Crippen LogP contribution < -0.4 is 10.1 Å². The number of halogens is 1. The van der Waals surface area contributed by atoms with E-state index in [1.54, 1.807) is 59.2 Å². The average molecular weight is 467 g/mol. The van der Waals surface area contributed by atoms with E-state index in [0.717, 1.165) is 0 Å². The third kappa shape index (κ3) is 5.23. The van der Waals surface area contributed by atoms with Gasteiger partial charge in [-0.15, -0.1) is 0 Å². The Morgan fingerprint density at radius 2 is 1.79 bits per heavy atom. The summed E-state index contributed by atoms with van der Waals surface area (Å²) in [4.78, 5) is 12.8. The second-order valence-electron chi connectivity index (χ2n) is 7.53. The third-order valence-corrected chi connectivity index (χ3v) is 6.80. The smallest absolute Gasteiger partial charge is 0.244 e. The second-order valence-corrected chi connectivity index (χ2v) is 9.49. The summed E-state index contributed by atoms with van der Waals surface area (Å²) in [5.41, 5.74) is 1.59. The first-order valence-corrected chi connectivity index (χ1v) is 12.1. The molecule has 0 radical (unpaired) electrons. The Bertz CT molecular complexity index is 1400. The largest absolute Gasteiger partial charge is 0.494 e. The van der Waals surface area contributed by atoms with Gasteiger partial charge in [-0.25, -0.2) is 12.8 Å². The number of hydrogen-bond donors (Lipinski definition) is 1. The molecular weight excluding hydrogens is 443 g/mol. The number of amides is 1. The van der Waals surface area contributed by atoms with Crippen molar-refractivity contribution in [2.24, 2.45) is 0 Å². The van der Waals surface area contributed by atoms with Crippen LogP contribution in [0.15, 0.2) is 83.9 Å². The van der Waals surface area contributed by atoms with Crippen LogP contribution in [0.25, 0.3) is 10.9 Å². The fourth-order valence-corrected chi connectivity index (χ4v) is 5.24. The summed E-state index contributed by atoms with van der Waals surface area (Å²) in [7, 11) is -3.77. The van der Waals surface area contributed by atoms with E-state index in [9.17, 15) is 17.6 Å². The lowest BCUT2D eigenvalue weighted by Crippen LogP contribution is -2.18. The van der Waals surface area contributed by atoms with Crippen LogP contribution in [0.3, 0.4) is 0 Å². The lowest BCUT2D eigenvalue weighted by atomic mass is 10.2. The van der Waals surface area contributed by atoms with Crippen molar-refractivity contribution in [2.45, 2.75) is 24.1 Å². The number of para-hydroxylation sites is 1. The Kier molecular flexibility index (Phi) is 6.46. The molecule has 8 heteroatoms. The zero-order valence-corrected chi connectivity index (χ0v) is 18.8. The molecule has 0 atom stereocenters. The number of fused-ring (bicyclic) bond motifs is 1. The number of sulfone groups is 1. The highest BCUT2D eigenvalue weighted by Crippen LogP contribution is 2.28. The highest BCUT2D eigenvalue weighted by molar-refractivity contribution is 7.90. The Labute approximate surface area is 191 Å². The van der Waals surface area contributed by atoms with Gasteiger partial charge in [0.05, 0.1) is 17.3 Å². The minimum atomic E-state index is -3.77. The quantitative estimate of drug-likeness (QED) is 0.405. The first kappa shape index (κ1) is 22.5. The van der Waals surface area contributed by atoms with Crippen LogP contribution in [0.1, 0.15) is 12.5 Å². The molecule has 0 aliphatic carbocycles. The molecule has 6 nitrogen and oxygen atoms in total. The number of ether oxygens (including phenoxy) is 1. The zero-order chi connectivity index (χ0) is 23.4. The SMILES string of the molecule is CCOc1ccc(NC(=O)Cn2cc(S(=O)(=O)Cc3cccc(F)c3)c3ccccc32)cc1. The first-order chi connectivity index (χ1) is 15.9. The van der Waals surface area contributed by atoms with Crippen molar-refractivity contribution < 1.29 is 22.3 Å². The van der Waals surface area contributed by atoms with Crippen molar-refractivity contribution >= 4 is 32.3 Å². The Morgan fingerprint density at radius 1 is 1.03 bits per heavy atom. The zero-order valence-electron chi connectivity index (χ0n) is 18.0. The van der Waals surface area contributed by atoms with E-state index in [1.165, 1.54) is 24.4 Å². The summed E-state index contributed by atoms with van der Waals surface area (Å²) in [6, 6.07) is 19.5. The maximum absolute atomic E-state index is 13.5. The number of benzene rings is 3. The molecule has 0 unspecified atom stereocenters. The Hall–Kier alpha value is -3.65. The van der Waals surface area contributed by atoms with Gasteiger partial charge in [0.1, 0.15) is 18.1 Å². The topological polar surface area (TPSA) is 77.4 Å². The van der Waals surface area contributed by atoms with Crippen LogP contribution in [0, 0.1) is 5.82 Å². The van der Waals surface area contributed by atoms with Crippen molar-refractivity contribution in [1.29, 1.82) is 0 Å². The van der Waals surface area contributed by atoms with Gasteiger partial charge in [-0.3, -0.25) is 4.79 Å². The molecule has 0 fully saturated rings. The van der Waals surface area contributed by atoms with Gasteiger partial charge in [-0.1, -0.05) is 30.3 Å². The van der Waals surface area contributed by atoms with Crippen LogP contribution in [0.4, 0.5) is 10.1 Å². The third-order valence-electron chi connectivity index (χ3n) is 5.10. The molecule has 0 saturated carbocycles. The molecule has 0 aliphatic rings. The van der Waals surface area contributed by atoms with E-state index in [-0.39, 0.29) is 23.1 Å². The molecule has 1 aromatic heterocycles. The molecule has 1 heterocycles. The molecule has 4 rings (SSSR count). The van der Waals surface area contributed by atoms with Crippen LogP contribution in [-0.2, 0) is 26.9 Å². The molecule has 170 valence electrons. The maximum atomic E-state index is 13.5. The van der Waals surface area contributed by atoms with Crippen molar-refractivity contribution in [3.05, 3.63) is 90.4 Å². The van der Waals surface area contributed by atoms with Crippen molar-refractivity contribution in [3.8, 4) is 5.75 Å². The monoisotopic (exact) mass is 466 g/mol. The van der Waals surface area contributed by atoms with Gasteiger partial charge in [-0.2, -0.15) is 0 Å². The number of carbonyl (C=O) groups excluding carboxylic acids is 1. The number of rotatable bonds is 8. The van der Waals surface area contributed by atoms with Crippen LogP contribution >= 0.6 is 0 Å². The first-order valence-electron chi connectivity index (χ1n) is 10.4. The lowest BCUT2D eigenvalue weighted by Gasteiger charge is -2.08. The summed E-state index contributed by atoms with van der Waals surface area (Å²) in [5.74, 6) is -0.415. The number of nitrogens with zero attached hydrogens (tertiary/aromatic N) is 1. The molecule has 33 heavy (non-hydrogen) atoms. The van der Waals surface area contributed by atoms with Crippen molar-refractivity contribution in [3.63, 3.8) is 0 Å². The van der Waals surface area contributed by atoms with E-state index in [0.29, 0.717) is 34.5 Å². The van der Waals surface area contributed by atoms with Gasteiger partial charge in [0.15, 0.2) is 9.84 Å². The molecule has 0 bridgehead atoms. The number of aromatic nitrogens is 1. The number of hydrogen-bond acceptors (Lipinski definition) is 4. The van der Waals surface area contributed by atoms with E-state index in [4.69, 9.17) is 4.74 Å². The van der Waals surface area contributed by atoms with Gasteiger partial charge in [0.25, 0.3) is 0 Å². The summed E-state index contributed by atoms with van der Waals surface area (Å²) in [5, 5.41) is 3.33. The molecule has 4 aromatic rings. The maximum Gasteiger partial charge on any atom is 0.244 e.